The van der Waals surface area contributed by atoms with Crippen LogP contribution < -0.4 is 5.32 Å². The number of hydrogen-bond acceptors (Lipinski definition) is 5. The second-order valence-electron chi connectivity index (χ2n) is 5.85. The monoisotopic (exact) mass is 315 g/mol. The first-order valence-electron chi connectivity index (χ1n) is 7.91. The van der Waals surface area contributed by atoms with Crippen molar-refractivity contribution in [3.63, 3.8) is 0 Å². The third-order valence-corrected chi connectivity index (χ3v) is 4.07. The summed E-state index contributed by atoms with van der Waals surface area (Å²) in [6, 6.07) is 7.70. The SMILES string of the molecule is Cc1nnnn1-c1ccc(CC(=O)NCCC2CCOC2)cc1. The quantitative estimate of drug-likeness (QED) is 0.862. The molecule has 0 radical (unpaired) electrons. The number of amides is 1. The minimum Gasteiger partial charge on any atom is -0.381 e. The second kappa shape index (κ2) is 7.32. The maximum absolute atomic E-state index is 12.0. The van der Waals surface area contributed by atoms with Crippen molar-refractivity contribution in [2.45, 2.75) is 26.2 Å². The van der Waals surface area contributed by atoms with Crippen LogP contribution in [0.15, 0.2) is 24.3 Å². The molecule has 0 bridgehead atoms. The van der Waals surface area contributed by atoms with Crippen LogP contribution in [0.2, 0.25) is 0 Å². The number of carbonyl (C=O) groups excluding carboxylic acids is 1. The van der Waals surface area contributed by atoms with Crippen LogP contribution >= 0.6 is 0 Å². The van der Waals surface area contributed by atoms with E-state index in [4.69, 9.17) is 4.74 Å². The van der Waals surface area contributed by atoms with E-state index in [9.17, 15) is 4.79 Å². The Kier molecular flexibility index (Phi) is 4.97. The standard InChI is InChI=1S/C16H21N5O2/c1-12-18-19-20-21(12)15-4-2-13(3-5-15)10-16(22)17-8-6-14-7-9-23-11-14/h2-5,14H,6-11H2,1H3,(H,17,22). The lowest BCUT2D eigenvalue weighted by molar-refractivity contribution is -0.120. The summed E-state index contributed by atoms with van der Waals surface area (Å²) in [5.41, 5.74) is 1.86. The van der Waals surface area contributed by atoms with Gasteiger partial charge in [0.2, 0.25) is 5.91 Å². The highest BCUT2D eigenvalue weighted by molar-refractivity contribution is 5.78. The van der Waals surface area contributed by atoms with Gasteiger partial charge in [-0.3, -0.25) is 4.79 Å². The van der Waals surface area contributed by atoms with E-state index in [1.54, 1.807) is 4.68 Å². The molecular weight excluding hydrogens is 294 g/mol. The predicted molar refractivity (Wildman–Crippen MR) is 84.1 cm³/mol. The van der Waals surface area contributed by atoms with Gasteiger partial charge in [0.05, 0.1) is 12.1 Å². The van der Waals surface area contributed by atoms with Crippen LogP contribution in [-0.4, -0.2) is 45.9 Å². The van der Waals surface area contributed by atoms with E-state index in [1.165, 1.54) is 0 Å². The van der Waals surface area contributed by atoms with E-state index in [-0.39, 0.29) is 5.91 Å². The molecule has 122 valence electrons. The lowest BCUT2D eigenvalue weighted by Crippen LogP contribution is -2.27. The summed E-state index contributed by atoms with van der Waals surface area (Å²) in [5, 5.41) is 14.4. The lowest BCUT2D eigenvalue weighted by Gasteiger charge is -2.09. The number of hydrogen-bond donors (Lipinski definition) is 1. The van der Waals surface area contributed by atoms with Gasteiger partial charge in [-0.25, -0.2) is 0 Å². The molecule has 2 aromatic rings. The molecule has 7 heteroatoms. The molecule has 2 heterocycles. The minimum absolute atomic E-state index is 0.0512. The molecule has 1 aliphatic heterocycles. The van der Waals surface area contributed by atoms with Crippen LogP contribution in [0.4, 0.5) is 0 Å². The van der Waals surface area contributed by atoms with Crippen molar-refractivity contribution in [1.82, 2.24) is 25.5 Å². The normalized spacial score (nSPS) is 17.3. The summed E-state index contributed by atoms with van der Waals surface area (Å²) in [7, 11) is 0. The summed E-state index contributed by atoms with van der Waals surface area (Å²) in [6.07, 6.45) is 2.48. The zero-order valence-electron chi connectivity index (χ0n) is 13.2. The summed E-state index contributed by atoms with van der Waals surface area (Å²) >= 11 is 0. The summed E-state index contributed by atoms with van der Waals surface area (Å²) in [6.45, 7) is 4.24. The topological polar surface area (TPSA) is 81.9 Å². The molecule has 1 amide bonds. The van der Waals surface area contributed by atoms with E-state index in [0.29, 0.717) is 12.3 Å². The molecule has 0 spiro atoms. The highest BCUT2D eigenvalue weighted by Crippen LogP contribution is 2.15. The van der Waals surface area contributed by atoms with Gasteiger partial charge in [0, 0.05) is 19.8 Å². The summed E-state index contributed by atoms with van der Waals surface area (Å²) < 4.78 is 6.99. The van der Waals surface area contributed by atoms with Gasteiger partial charge in [-0.15, -0.1) is 5.10 Å². The molecular formula is C16H21N5O2. The number of benzene rings is 1. The van der Waals surface area contributed by atoms with Crippen molar-refractivity contribution in [3.05, 3.63) is 35.7 Å². The van der Waals surface area contributed by atoms with Crippen LogP contribution in [0.3, 0.4) is 0 Å². The Balaban J connectivity index is 1.47. The third-order valence-electron chi connectivity index (χ3n) is 4.07. The van der Waals surface area contributed by atoms with Crippen LogP contribution in [0.25, 0.3) is 5.69 Å². The molecule has 1 N–H and O–H groups in total. The lowest BCUT2D eigenvalue weighted by atomic mass is 10.1. The van der Waals surface area contributed by atoms with Gasteiger partial charge in [0.25, 0.3) is 0 Å². The molecule has 1 fully saturated rings. The number of aryl methyl sites for hydroxylation is 1. The number of nitrogens with one attached hydrogen (secondary N) is 1. The molecule has 0 aliphatic carbocycles. The van der Waals surface area contributed by atoms with E-state index in [0.717, 1.165) is 49.7 Å². The second-order valence-corrected chi connectivity index (χ2v) is 5.85. The summed E-state index contributed by atoms with van der Waals surface area (Å²) in [5.74, 6) is 1.37. The first-order chi connectivity index (χ1) is 11.2. The average molecular weight is 315 g/mol. The maximum atomic E-state index is 12.0. The van der Waals surface area contributed by atoms with Gasteiger partial charge < -0.3 is 10.1 Å². The zero-order valence-corrected chi connectivity index (χ0v) is 13.2. The zero-order chi connectivity index (χ0) is 16.1. The van der Waals surface area contributed by atoms with Crippen molar-refractivity contribution in [2.24, 2.45) is 5.92 Å². The third kappa shape index (κ3) is 4.13. The number of nitrogens with zero attached hydrogens (tertiary/aromatic N) is 4. The fourth-order valence-corrected chi connectivity index (χ4v) is 2.70. The largest absolute Gasteiger partial charge is 0.381 e. The van der Waals surface area contributed by atoms with Crippen LogP contribution in [0.5, 0.6) is 0 Å². The number of aromatic nitrogens is 4. The van der Waals surface area contributed by atoms with E-state index in [1.807, 2.05) is 31.2 Å². The Morgan fingerprint density at radius 1 is 1.39 bits per heavy atom. The van der Waals surface area contributed by atoms with Crippen LogP contribution in [-0.2, 0) is 16.0 Å². The van der Waals surface area contributed by atoms with Crippen LogP contribution in [0, 0.1) is 12.8 Å². The Labute approximate surface area is 135 Å². The number of tetrazole rings is 1. The predicted octanol–water partition coefficient (Wildman–Crippen LogP) is 1.06. The molecule has 1 aromatic heterocycles. The molecule has 23 heavy (non-hydrogen) atoms. The molecule has 1 saturated heterocycles. The van der Waals surface area contributed by atoms with Gasteiger partial charge >= 0.3 is 0 Å². The van der Waals surface area contributed by atoms with Gasteiger partial charge in [0.15, 0.2) is 5.82 Å². The van der Waals surface area contributed by atoms with Crippen molar-refractivity contribution in [2.75, 3.05) is 19.8 Å². The summed E-state index contributed by atoms with van der Waals surface area (Å²) in [4.78, 5) is 12.0. The van der Waals surface area contributed by atoms with Crippen LogP contribution in [0.1, 0.15) is 24.2 Å². The highest BCUT2D eigenvalue weighted by atomic mass is 16.5. The minimum atomic E-state index is 0.0512. The Bertz CT molecular complexity index is 647. The number of ether oxygens (including phenoxy) is 1. The molecule has 1 unspecified atom stereocenters. The Morgan fingerprint density at radius 2 is 2.22 bits per heavy atom. The van der Waals surface area contributed by atoms with E-state index < -0.39 is 0 Å². The number of carbonyl (C=O) groups is 1. The van der Waals surface area contributed by atoms with Gasteiger partial charge in [-0.1, -0.05) is 12.1 Å². The van der Waals surface area contributed by atoms with Gasteiger partial charge in [-0.05, 0) is 53.8 Å². The Hall–Kier alpha value is -2.28. The van der Waals surface area contributed by atoms with Crippen molar-refractivity contribution >= 4 is 5.91 Å². The first kappa shape index (κ1) is 15.6. The Morgan fingerprint density at radius 3 is 2.87 bits per heavy atom. The van der Waals surface area contributed by atoms with Gasteiger partial charge in [0.1, 0.15) is 0 Å². The maximum Gasteiger partial charge on any atom is 0.224 e. The highest BCUT2D eigenvalue weighted by Gasteiger charge is 2.15. The fraction of sp³-hybridized carbons (Fsp3) is 0.500. The van der Waals surface area contributed by atoms with Crippen molar-refractivity contribution < 1.29 is 9.53 Å². The van der Waals surface area contributed by atoms with E-state index in [2.05, 4.69) is 20.8 Å². The molecule has 3 rings (SSSR count). The molecule has 1 atom stereocenters. The molecule has 1 aromatic carbocycles. The number of rotatable bonds is 6. The smallest absolute Gasteiger partial charge is 0.224 e. The molecule has 1 aliphatic rings. The van der Waals surface area contributed by atoms with E-state index >= 15 is 0 Å². The first-order valence-corrected chi connectivity index (χ1v) is 7.91. The molecule has 7 nitrogen and oxygen atoms in total. The molecule has 0 saturated carbocycles. The fourth-order valence-electron chi connectivity index (χ4n) is 2.70. The average Bonchev–Trinajstić information content (AvgIpc) is 3.20. The van der Waals surface area contributed by atoms with Crippen molar-refractivity contribution in [1.29, 1.82) is 0 Å². The van der Waals surface area contributed by atoms with Gasteiger partial charge in [-0.2, -0.15) is 4.68 Å². The van der Waals surface area contributed by atoms with Crippen molar-refractivity contribution in [3.8, 4) is 5.69 Å².